The third kappa shape index (κ3) is 6.62. The molecule has 0 saturated heterocycles. The molecule has 1 atom stereocenters. The van der Waals surface area contributed by atoms with E-state index in [4.69, 9.17) is 0 Å². The quantitative estimate of drug-likeness (QED) is 0.448. The van der Waals surface area contributed by atoms with Crippen molar-refractivity contribution in [3.05, 3.63) is 101 Å². The lowest BCUT2D eigenvalue weighted by atomic mass is 9.90. The highest BCUT2D eigenvalue weighted by atomic mass is 32.2. The molecular weight excluding hydrogens is 456 g/mol. The van der Waals surface area contributed by atoms with Crippen LogP contribution in [0.5, 0.6) is 0 Å². The number of sulfonamides is 1. The zero-order valence-corrected chi connectivity index (χ0v) is 19.9. The Labute approximate surface area is 199 Å². The summed E-state index contributed by atoms with van der Waals surface area (Å²) in [5.41, 5.74) is 4.26. The Hall–Kier alpha value is -2.81. The molecule has 1 unspecified atom stereocenters. The van der Waals surface area contributed by atoms with E-state index in [1.165, 1.54) is 12.1 Å². The van der Waals surface area contributed by atoms with Gasteiger partial charge in [-0.3, -0.25) is 9.62 Å². The summed E-state index contributed by atoms with van der Waals surface area (Å²) in [5.74, 6) is -0.459. The molecule has 1 aliphatic rings. The summed E-state index contributed by atoms with van der Waals surface area (Å²) in [6.07, 6.45) is 2.35. The number of rotatable bonds is 9. The van der Waals surface area contributed by atoms with Crippen LogP contribution in [0.4, 0.5) is 14.5 Å². The van der Waals surface area contributed by atoms with Gasteiger partial charge < -0.3 is 5.32 Å². The standard InChI is InChI=1S/C26H29F2N3O2S/c1-34(32,33)30-24-7-4-5-19(13-24)17-29-11-12-31-18-21-9-10-23(27)14-22(21)16-25(31)15-20-6-2-3-8-26(20)28/h2-10,13-14,25,29-30H,11-12,15-18H2,1H3. The first kappa shape index (κ1) is 24.3. The fourth-order valence-electron chi connectivity index (χ4n) is 4.46. The van der Waals surface area contributed by atoms with Crippen LogP contribution in [0, 0.1) is 11.6 Å². The average Bonchev–Trinajstić information content (AvgIpc) is 2.77. The van der Waals surface area contributed by atoms with Crippen molar-refractivity contribution in [2.75, 3.05) is 24.1 Å². The molecule has 0 bridgehead atoms. The van der Waals surface area contributed by atoms with Crippen molar-refractivity contribution in [1.29, 1.82) is 0 Å². The van der Waals surface area contributed by atoms with Crippen molar-refractivity contribution < 1.29 is 17.2 Å². The Balaban J connectivity index is 1.40. The van der Waals surface area contributed by atoms with Crippen LogP contribution in [0.1, 0.15) is 22.3 Å². The van der Waals surface area contributed by atoms with Gasteiger partial charge in [0.15, 0.2) is 0 Å². The molecule has 1 heterocycles. The van der Waals surface area contributed by atoms with E-state index in [1.807, 2.05) is 30.3 Å². The number of anilines is 1. The van der Waals surface area contributed by atoms with Gasteiger partial charge in [-0.05, 0) is 65.4 Å². The Morgan fingerprint density at radius 2 is 1.82 bits per heavy atom. The maximum absolute atomic E-state index is 14.3. The monoisotopic (exact) mass is 485 g/mol. The Morgan fingerprint density at radius 1 is 1.00 bits per heavy atom. The van der Waals surface area contributed by atoms with Crippen molar-refractivity contribution >= 4 is 15.7 Å². The number of hydrogen-bond donors (Lipinski definition) is 2. The summed E-state index contributed by atoms with van der Waals surface area (Å²) in [7, 11) is -3.32. The molecule has 0 aromatic heterocycles. The highest BCUT2D eigenvalue weighted by Gasteiger charge is 2.27. The summed E-state index contributed by atoms with van der Waals surface area (Å²) in [5, 5.41) is 3.41. The molecular formula is C26H29F2N3O2S. The summed E-state index contributed by atoms with van der Waals surface area (Å²) in [4.78, 5) is 2.32. The second-order valence-electron chi connectivity index (χ2n) is 8.79. The molecule has 0 saturated carbocycles. The van der Waals surface area contributed by atoms with Crippen molar-refractivity contribution in [2.45, 2.75) is 32.0 Å². The van der Waals surface area contributed by atoms with E-state index in [0.29, 0.717) is 43.7 Å². The topological polar surface area (TPSA) is 61.4 Å². The molecule has 180 valence electrons. The van der Waals surface area contributed by atoms with E-state index in [0.717, 1.165) is 29.5 Å². The van der Waals surface area contributed by atoms with Crippen LogP contribution in [0.3, 0.4) is 0 Å². The SMILES string of the molecule is CS(=O)(=O)Nc1cccc(CNCCN2Cc3ccc(F)cc3CC2Cc2ccccc2F)c1. The van der Waals surface area contributed by atoms with E-state index in [1.54, 1.807) is 24.3 Å². The van der Waals surface area contributed by atoms with Gasteiger partial charge in [-0.25, -0.2) is 17.2 Å². The fourth-order valence-corrected chi connectivity index (χ4v) is 5.02. The summed E-state index contributed by atoms with van der Waals surface area (Å²) in [6.45, 7) is 2.72. The molecule has 0 radical (unpaired) electrons. The van der Waals surface area contributed by atoms with Crippen LogP contribution in [-0.4, -0.2) is 38.7 Å². The van der Waals surface area contributed by atoms with E-state index < -0.39 is 10.0 Å². The van der Waals surface area contributed by atoms with Crippen LogP contribution in [0.2, 0.25) is 0 Å². The maximum Gasteiger partial charge on any atom is 0.229 e. The smallest absolute Gasteiger partial charge is 0.229 e. The first-order valence-electron chi connectivity index (χ1n) is 11.3. The van der Waals surface area contributed by atoms with E-state index >= 15 is 0 Å². The van der Waals surface area contributed by atoms with Gasteiger partial charge in [-0.15, -0.1) is 0 Å². The highest BCUT2D eigenvalue weighted by molar-refractivity contribution is 7.92. The molecule has 8 heteroatoms. The number of nitrogens with one attached hydrogen (secondary N) is 2. The molecule has 0 spiro atoms. The number of fused-ring (bicyclic) bond motifs is 1. The summed E-state index contributed by atoms with van der Waals surface area (Å²) < 4.78 is 53.6. The molecule has 1 aliphatic heterocycles. The van der Waals surface area contributed by atoms with Gasteiger partial charge in [0.1, 0.15) is 11.6 Å². The number of hydrogen-bond acceptors (Lipinski definition) is 4. The van der Waals surface area contributed by atoms with Crippen LogP contribution in [0.15, 0.2) is 66.7 Å². The van der Waals surface area contributed by atoms with Gasteiger partial charge in [-0.2, -0.15) is 0 Å². The molecule has 0 fully saturated rings. The lowest BCUT2D eigenvalue weighted by Crippen LogP contribution is -2.44. The van der Waals surface area contributed by atoms with Gasteiger partial charge in [0.2, 0.25) is 10.0 Å². The fraction of sp³-hybridized carbons (Fsp3) is 0.308. The van der Waals surface area contributed by atoms with Crippen molar-refractivity contribution in [2.24, 2.45) is 0 Å². The molecule has 4 rings (SSSR count). The molecule has 5 nitrogen and oxygen atoms in total. The lowest BCUT2D eigenvalue weighted by molar-refractivity contribution is 0.169. The molecule has 2 N–H and O–H groups in total. The Kier molecular flexibility index (Phi) is 7.60. The third-order valence-corrected chi connectivity index (χ3v) is 6.67. The van der Waals surface area contributed by atoms with Crippen molar-refractivity contribution in [1.82, 2.24) is 10.2 Å². The van der Waals surface area contributed by atoms with E-state index in [-0.39, 0.29) is 17.7 Å². The predicted molar refractivity (Wildman–Crippen MR) is 131 cm³/mol. The highest BCUT2D eigenvalue weighted by Crippen LogP contribution is 2.26. The predicted octanol–water partition coefficient (Wildman–Crippen LogP) is 4.10. The average molecular weight is 486 g/mol. The number of benzene rings is 3. The Bertz CT molecular complexity index is 1250. The minimum atomic E-state index is -3.32. The second kappa shape index (κ2) is 10.6. The summed E-state index contributed by atoms with van der Waals surface area (Å²) >= 11 is 0. The van der Waals surface area contributed by atoms with Crippen molar-refractivity contribution in [3.8, 4) is 0 Å². The molecule has 3 aromatic rings. The van der Waals surface area contributed by atoms with Crippen LogP contribution < -0.4 is 10.0 Å². The third-order valence-electron chi connectivity index (χ3n) is 6.06. The van der Waals surface area contributed by atoms with E-state index in [2.05, 4.69) is 14.9 Å². The zero-order valence-electron chi connectivity index (χ0n) is 19.1. The minimum Gasteiger partial charge on any atom is -0.311 e. The lowest BCUT2D eigenvalue weighted by Gasteiger charge is -2.37. The zero-order chi connectivity index (χ0) is 24.1. The van der Waals surface area contributed by atoms with Crippen LogP contribution >= 0.6 is 0 Å². The number of nitrogens with zero attached hydrogens (tertiary/aromatic N) is 1. The van der Waals surface area contributed by atoms with Gasteiger partial charge in [0.05, 0.1) is 6.26 Å². The molecule has 34 heavy (non-hydrogen) atoms. The van der Waals surface area contributed by atoms with Gasteiger partial charge >= 0.3 is 0 Å². The largest absolute Gasteiger partial charge is 0.311 e. The summed E-state index contributed by atoms with van der Waals surface area (Å²) in [6, 6.07) is 19.1. The van der Waals surface area contributed by atoms with Crippen LogP contribution in [-0.2, 0) is 36.0 Å². The molecule has 0 amide bonds. The minimum absolute atomic E-state index is 0.0651. The van der Waals surface area contributed by atoms with Crippen LogP contribution in [0.25, 0.3) is 0 Å². The normalized spacial score (nSPS) is 16.3. The van der Waals surface area contributed by atoms with Gasteiger partial charge in [0, 0.05) is 37.9 Å². The molecule has 0 aliphatic carbocycles. The molecule has 3 aromatic carbocycles. The first-order chi connectivity index (χ1) is 16.3. The number of halogens is 2. The van der Waals surface area contributed by atoms with Crippen molar-refractivity contribution in [3.63, 3.8) is 0 Å². The van der Waals surface area contributed by atoms with Gasteiger partial charge in [-0.1, -0.05) is 36.4 Å². The second-order valence-corrected chi connectivity index (χ2v) is 10.5. The van der Waals surface area contributed by atoms with E-state index in [9.17, 15) is 17.2 Å². The van der Waals surface area contributed by atoms with Gasteiger partial charge in [0.25, 0.3) is 0 Å². The Morgan fingerprint density at radius 3 is 2.62 bits per heavy atom. The maximum atomic E-state index is 14.3. The first-order valence-corrected chi connectivity index (χ1v) is 13.2.